The molecule has 2 aromatic rings. The molecule has 104 valence electrons. The lowest BCUT2D eigenvalue weighted by Crippen LogP contribution is -2.05. The van der Waals surface area contributed by atoms with E-state index in [1.165, 1.54) is 11.1 Å². The molecule has 3 rings (SSSR count). The normalized spacial score (nSPS) is 16.8. The summed E-state index contributed by atoms with van der Waals surface area (Å²) in [6, 6.07) is 14.3. The zero-order valence-corrected chi connectivity index (χ0v) is 11.6. The number of ether oxygens (including phenoxy) is 2. The number of benzene rings is 2. The average Bonchev–Trinajstić information content (AvgIpc) is 2.86. The van der Waals surface area contributed by atoms with E-state index in [9.17, 15) is 0 Å². The summed E-state index contributed by atoms with van der Waals surface area (Å²) >= 11 is 0. The monoisotopic (exact) mass is 269 g/mol. The Labute approximate surface area is 119 Å². The predicted molar refractivity (Wildman–Crippen MR) is 79.0 cm³/mol. The lowest BCUT2D eigenvalue weighted by Gasteiger charge is -2.10. The Balaban J connectivity index is 1.69. The second kappa shape index (κ2) is 5.55. The van der Waals surface area contributed by atoms with Crippen LogP contribution in [0.3, 0.4) is 0 Å². The molecule has 0 amide bonds. The van der Waals surface area contributed by atoms with Crippen LogP contribution in [0.2, 0.25) is 0 Å². The van der Waals surface area contributed by atoms with Gasteiger partial charge in [0, 0.05) is 6.04 Å². The fourth-order valence-corrected chi connectivity index (χ4v) is 2.65. The second-order valence-electron chi connectivity index (χ2n) is 5.15. The maximum Gasteiger partial charge on any atom is 0.120 e. The highest BCUT2D eigenvalue weighted by Crippen LogP contribution is 2.32. The van der Waals surface area contributed by atoms with Crippen LogP contribution in [0.15, 0.2) is 42.5 Å². The summed E-state index contributed by atoms with van der Waals surface area (Å²) in [6.07, 6.45) is 2.08. The number of hydrogen-bond acceptors (Lipinski definition) is 3. The topological polar surface area (TPSA) is 44.5 Å². The van der Waals surface area contributed by atoms with Crippen LogP contribution in [-0.2, 0) is 13.0 Å². The van der Waals surface area contributed by atoms with Gasteiger partial charge in [0.2, 0.25) is 0 Å². The molecule has 0 saturated heterocycles. The van der Waals surface area contributed by atoms with E-state index in [0.29, 0.717) is 6.61 Å². The van der Waals surface area contributed by atoms with Gasteiger partial charge >= 0.3 is 0 Å². The minimum Gasteiger partial charge on any atom is -0.497 e. The van der Waals surface area contributed by atoms with Crippen molar-refractivity contribution in [2.24, 2.45) is 5.73 Å². The Morgan fingerprint density at radius 1 is 1.15 bits per heavy atom. The highest BCUT2D eigenvalue weighted by atomic mass is 16.5. The summed E-state index contributed by atoms with van der Waals surface area (Å²) in [5.74, 6) is 1.76. The molecule has 0 spiro atoms. The van der Waals surface area contributed by atoms with Crippen molar-refractivity contribution in [3.8, 4) is 11.5 Å². The van der Waals surface area contributed by atoms with Crippen molar-refractivity contribution in [3.05, 3.63) is 59.2 Å². The summed E-state index contributed by atoms with van der Waals surface area (Å²) in [6.45, 7) is 0.544. The third kappa shape index (κ3) is 2.63. The molecule has 1 aliphatic carbocycles. The highest BCUT2D eigenvalue weighted by Gasteiger charge is 2.18. The number of aryl methyl sites for hydroxylation is 1. The third-order valence-electron chi connectivity index (χ3n) is 3.78. The van der Waals surface area contributed by atoms with E-state index >= 15 is 0 Å². The van der Waals surface area contributed by atoms with Crippen molar-refractivity contribution >= 4 is 0 Å². The van der Waals surface area contributed by atoms with Gasteiger partial charge in [-0.1, -0.05) is 18.2 Å². The summed E-state index contributed by atoms with van der Waals surface area (Å²) in [7, 11) is 1.67. The first-order chi connectivity index (χ1) is 9.76. The quantitative estimate of drug-likeness (QED) is 0.927. The van der Waals surface area contributed by atoms with Crippen LogP contribution in [0, 0.1) is 0 Å². The van der Waals surface area contributed by atoms with Gasteiger partial charge in [-0.05, 0) is 53.8 Å². The minimum atomic E-state index is 0.192. The standard InChI is InChI=1S/C17H19NO2/c1-19-14-4-2-3-12(9-14)11-20-15-6-7-16-13(10-15)5-8-17(16)18/h2-4,6-7,9-10,17H,5,8,11,18H2,1H3/t17-/m0/s1. The first-order valence-corrected chi connectivity index (χ1v) is 6.90. The molecule has 3 nitrogen and oxygen atoms in total. The van der Waals surface area contributed by atoms with Gasteiger partial charge in [0.25, 0.3) is 0 Å². The van der Waals surface area contributed by atoms with Gasteiger partial charge in [-0.2, -0.15) is 0 Å². The SMILES string of the molecule is COc1cccc(COc2ccc3c(c2)CC[C@@H]3N)c1. The molecule has 0 saturated carbocycles. The molecule has 0 unspecified atom stereocenters. The van der Waals surface area contributed by atoms with Crippen LogP contribution >= 0.6 is 0 Å². The smallest absolute Gasteiger partial charge is 0.120 e. The van der Waals surface area contributed by atoms with E-state index in [1.54, 1.807) is 7.11 Å². The fourth-order valence-electron chi connectivity index (χ4n) is 2.65. The van der Waals surface area contributed by atoms with Gasteiger partial charge in [0.05, 0.1) is 7.11 Å². The van der Waals surface area contributed by atoms with E-state index in [4.69, 9.17) is 15.2 Å². The number of hydrogen-bond donors (Lipinski definition) is 1. The largest absolute Gasteiger partial charge is 0.497 e. The van der Waals surface area contributed by atoms with Crippen LogP contribution in [0.25, 0.3) is 0 Å². The zero-order chi connectivity index (χ0) is 13.9. The van der Waals surface area contributed by atoms with E-state index in [-0.39, 0.29) is 6.04 Å². The maximum atomic E-state index is 6.04. The fraction of sp³-hybridized carbons (Fsp3) is 0.294. The van der Waals surface area contributed by atoms with Crippen LogP contribution in [-0.4, -0.2) is 7.11 Å². The highest BCUT2D eigenvalue weighted by molar-refractivity contribution is 5.40. The lowest BCUT2D eigenvalue weighted by atomic mass is 10.1. The molecule has 1 aliphatic rings. The molecule has 0 heterocycles. The molecule has 3 heteroatoms. The average molecular weight is 269 g/mol. The van der Waals surface area contributed by atoms with E-state index < -0.39 is 0 Å². The van der Waals surface area contributed by atoms with Crippen molar-refractivity contribution in [2.75, 3.05) is 7.11 Å². The summed E-state index contributed by atoms with van der Waals surface area (Å²) in [5, 5.41) is 0. The molecule has 20 heavy (non-hydrogen) atoms. The van der Waals surface area contributed by atoms with Crippen LogP contribution in [0.1, 0.15) is 29.2 Å². The minimum absolute atomic E-state index is 0.192. The van der Waals surface area contributed by atoms with Crippen molar-refractivity contribution in [1.29, 1.82) is 0 Å². The summed E-state index contributed by atoms with van der Waals surface area (Å²) in [5.41, 5.74) is 9.72. The van der Waals surface area contributed by atoms with Gasteiger partial charge in [-0.15, -0.1) is 0 Å². The Morgan fingerprint density at radius 3 is 2.90 bits per heavy atom. The molecule has 0 fully saturated rings. The molecule has 2 aromatic carbocycles. The van der Waals surface area contributed by atoms with E-state index in [1.807, 2.05) is 30.3 Å². The Hall–Kier alpha value is -2.00. The third-order valence-corrected chi connectivity index (χ3v) is 3.78. The van der Waals surface area contributed by atoms with Gasteiger partial charge in [0.15, 0.2) is 0 Å². The Morgan fingerprint density at radius 2 is 2.05 bits per heavy atom. The van der Waals surface area contributed by atoms with E-state index in [0.717, 1.165) is 29.9 Å². The maximum absolute atomic E-state index is 6.04. The number of fused-ring (bicyclic) bond motifs is 1. The summed E-state index contributed by atoms with van der Waals surface area (Å²) in [4.78, 5) is 0. The van der Waals surface area contributed by atoms with Gasteiger partial charge in [-0.3, -0.25) is 0 Å². The molecular formula is C17H19NO2. The first kappa shape index (κ1) is 13.0. The number of methoxy groups -OCH3 is 1. The Kier molecular flexibility index (Phi) is 3.61. The van der Waals surface area contributed by atoms with Crippen molar-refractivity contribution in [1.82, 2.24) is 0 Å². The first-order valence-electron chi connectivity index (χ1n) is 6.90. The van der Waals surface area contributed by atoms with Gasteiger partial charge in [-0.25, -0.2) is 0 Å². The zero-order valence-electron chi connectivity index (χ0n) is 11.6. The van der Waals surface area contributed by atoms with Crippen molar-refractivity contribution in [2.45, 2.75) is 25.5 Å². The molecule has 1 atom stereocenters. The molecule has 0 radical (unpaired) electrons. The lowest BCUT2D eigenvalue weighted by molar-refractivity contribution is 0.305. The molecule has 0 aromatic heterocycles. The molecule has 0 aliphatic heterocycles. The van der Waals surface area contributed by atoms with Crippen LogP contribution in [0.4, 0.5) is 0 Å². The number of rotatable bonds is 4. The number of nitrogens with two attached hydrogens (primary N) is 1. The van der Waals surface area contributed by atoms with Crippen molar-refractivity contribution in [3.63, 3.8) is 0 Å². The summed E-state index contributed by atoms with van der Waals surface area (Å²) < 4.78 is 11.1. The molecule has 2 N–H and O–H groups in total. The second-order valence-corrected chi connectivity index (χ2v) is 5.15. The van der Waals surface area contributed by atoms with Crippen molar-refractivity contribution < 1.29 is 9.47 Å². The van der Waals surface area contributed by atoms with Crippen LogP contribution in [0.5, 0.6) is 11.5 Å². The van der Waals surface area contributed by atoms with Gasteiger partial charge in [0.1, 0.15) is 18.1 Å². The molecular weight excluding hydrogens is 250 g/mol. The molecule has 0 bridgehead atoms. The predicted octanol–water partition coefficient (Wildman–Crippen LogP) is 3.22. The van der Waals surface area contributed by atoms with Gasteiger partial charge < -0.3 is 15.2 Å². The van der Waals surface area contributed by atoms with E-state index in [2.05, 4.69) is 12.1 Å². The Bertz CT molecular complexity index is 610. The van der Waals surface area contributed by atoms with Crippen LogP contribution < -0.4 is 15.2 Å².